The molecule has 2 aromatic rings. The second-order valence-corrected chi connectivity index (χ2v) is 15.0. The summed E-state index contributed by atoms with van der Waals surface area (Å²) in [7, 11) is -2.81. The molecule has 2 aromatic carbocycles. The average Bonchev–Trinajstić information content (AvgIpc) is 3.07. The Bertz CT molecular complexity index is 1470. The summed E-state index contributed by atoms with van der Waals surface area (Å²) in [6.07, 6.45) is -4.31. The molecule has 0 spiro atoms. The maximum Gasteiger partial charge on any atom is 0.573 e. The number of nitrogens with two attached hydrogens (primary N) is 2. The number of benzene rings is 2. The minimum absolute atomic E-state index is 0. The molecule has 2 fully saturated rings. The lowest BCUT2D eigenvalue weighted by molar-refractivity contribution is -0.275. The summed E-state index contributed by atoms with van der Waals surface area (Å²) in [5.74, 6) is -3.09. The summed E-state index contributed by atoms with van der Waals surface area (Å²) in [5, 5.41) is 61.0. The van der Waals surface area contributed by atoms with Gasteiger partial charge in [0, 0.05) is 25.2 Å². The second-order valence-electron chi connectivity index (χ2n) is 15.0. The summed E-state index contributed by atoms with van der Waals surface area (Å²) in [4.78, 5) is 23.3. The number of rotatable bonds is 22. The number of hydrogen-bond donors (Lipinski definition) is 10. The van der Waals surface area contributed by atoms with Crippen LogP contribution in [-0.4, -0.2) is 92.4 Å². The quantitative estimate of drug-likeness (QED) is 0.0401. The molecule has 0 heterocycles. The largest absolute Gasteiger partial charge is 0.573 e. The normalized spacial score (nSPS) is 19.8. The molecule has 2 aliphatic rings. The van der Waals surface area contributed by atoms with Crippen LogP contribution >= 0.6 is 49.6 Å². The van der Waals surface area contributed by atoms with Gasteiger partial charge in [-0.2, -0.15) is 0 Å². The van der Waals surface area contributed by atoms with E-state index in [-0.39, 0.29) is 111 Å². The molecule has 2 atom stereocenters. The van der Waals surface area contributed by atoms with Gasteiger partial charge in [-0.1, -0.05) is 49.9 Å². The van der Waals surface area contributed by atoms with E-state index in [1.807, 2.05) is 0 Å². The van der Waals surface area contributed by atoms with Crippen molar-refractivity contribution in [2.45, 2.75) is 126 Å². The van der Waals surface area contributed by atoms with Gasteiger partial charge in [-0.15, -0.1) is 76.0 Å². The van der Waals surface area contributed by atoms with Crippen LogP contribution in [0.4, 0.5) is 26.3 Å². The number of aliphatic carboxylic acids is 2. The summed E-state index contributed by atoms with van der Waals surface area (Å²) in [5.41, 5.74) is 11.1. The molecule has 4 rings (SSSR count). The Morgan fingerprint density at radius 1 is 0.581 bits per heavy atom. The molecule has 0 saturated heterocycles. The van der Waals surface area contributed by atoms with E-state index in [0.717, 1.165) is 11.1 Å². The zero-order valence-corrected chi connectivity index (χ0v) is 36.6. The van der Waals surface area contributed by atoms with Crippen LogP contribution in [0.2, 0.25) is 12.6 Å². The van der Waals surface area contributed by atoms with E-state index in [9.17, 15) is 46.1 Å². The van der Waals surface area contributed by atoms with Crippen molar-refractivity contribution < 1.29 is 75.7 Å². The number of carboxylic acids is 2. The van der Waals surface area contributed by atoms with Crippen LogP contribution in [0.3, 0.4) is 0 Å². The fourth-order valence-corrected chi connectivity index (χ4v) is 7.01. The van der Waals surface area contributed by atoms with Crippen molar-refractivity contribution in [1.29, 1.82) is 0 Å². The molecule has 0 aliphatic heterocycles. The van der Waals surface area contributed by atoms with E-state index in [2.05, 4.69) is 20.1 Å². The minimum Gasteiger partial charge on any atom is -0.480 e. The molecular formula is C36H56B2Cl4F6N4O10. The molecule has 2 aliphatic carbocycles. The number of hydrogen-bond acceptors (Lipinski definition) is 12. The summed E-state index contributed by atoms with van der Waals surface area (Å²) < 4.78 is 80.6. The van der Waals surface area contributed by atoms with Crippen molar-refractivity contribution in [3.63, 3.8) is 0 Å². The maximum absolute atomic E-state index is 12.2. The van der Waals surface area contributed by atoms with Gasteiger partial charge in [0.25, 0.3) is 0 Å². The second kappa shape index (κ2) is 27.8. The van der Waals surface area contributed by atoms with Crippen LogP contribution in [0.5, 0.6) is 11.5 Å². The molecule has 0 aromatic heterocycles. The Labute approximate surface area is 381 Å². The molecule has 26 heteroatoms. The monoisotopic (exact) mass is 980 g/mol. The first kappa shape index (κ1) is 61.6. The highest BCUT2D eigenvalue weighted by atomic mass is 35.5. The first-order valence-corrected chi connectivity index (χ1v) is 18.9. The number of carbonyl (C=O) groups is 2. The number of ether oxygens (including phenoxy) is 2. The molecular weight excluding hydrogens is 926 g/mol. The van der Waals surface area contributed by atoms with Gasteiger partial charge in [-0.25, -0.2) is 0 Å². The van der Waals surface area contributed by atoms with Crippen LogP contribution < -0.4 is 31.6 Å². The Hall–Kier alpha value is -2.47. The lowest BCUT2D eigenvalue weighted by Gasteiger charge is -2.45. The molecule has 14 nitrogen and oxygen atoms in total. The van der Waals surface area contributed by atoms with E-state index >= 15 is 0 Å². The van der Waals surface area contributed by atoms with Crippen LogP contribution in [0, 0.1) is 11.8 Å². The zero-order chi connectivity index (χ0) is 43.3. The van der Waals surface area contributed by atoms with Gasteiger partial charge in [-0.05, 0) is 98.4 Å². The lowest BCUT2D eigenvalue weighted by atomic mass is 9.66. The standard InChI is InChI=1S/2C18H26BF3N2O5.4ClH/c2*20-18(21,22)29-15-5-3-12(4-6-15)11-24-14-9-13(10-14)17(23,16(25)26)7-1-2-8-19(27)28;;;;/h2*3-6,13-14,24,27-28H,1-2,7-11,23H2,(H,25,26);4*1H/t13-,14+,17?;;;;;. The fraction of sp³-hybridized carbons (Fsp3) is 0.611. The lowest BCUT2D eigenvalue weighted by Crippen LogP contribution is -2.61. The van der Waals surface area contributed by atoms with Gasteiger partial charge < -0.3 is 61.9 Å². The highest BCUT2D eigenvalue weighted by Crippen LogP contribution is 2.40. The Morgan fingerprint density at radius 2 is 0.871 bits per heavy atom. The smallest absolute Gasteiger partial charge is 0.480 e. The van der Waals surface area contributed by atoms with Gasteiger partial charge in [-0.3, -0.25) is 9.59 Å². The fourth-order valence-electron chi connectivity index (χ4n) is 7.01. The van der Waals surface area contributed by atoms with Crippen molar-refractivity contribution in [2.24, 2.45) is 23.3 Å². The molecule has 12 N–H and O–H groups in total. The first-order valence-electron chi connectivity index (χ1n) is 18.9. The predicted octanol–water partition coefficient (Wildman–Crippen LogP) is 5.44. The summed E-state index contributed by atoms with van der Waals surface area (Å²) >= 11 is 0. The van der Waals surface area contributed by atoms with Crippen LogP contribution in [0.15, 0.2) is 48.5 Å². The first-order chi connectivity index (χ1) is 27.0. The highest BCUT2D eigenvalue weighted by Gasteiger charge is 2.49. The Morgan fingerprint density at radius 3 is 1.11 bits per heavy atom. The van der Waals surface area contributed by atoms with Crippen molar-refractivity contribution in [3.8, 4) is 11.5 Å². The van der Waals surface area contributed by atoms with Crippen molar-refractivity contribution >= 4 is 75.8 Å². The Kier molecular flexibility index (Phi) is 27.6. The third-order valence-electron chi connectivity index (χ3n) is 10.6. The number of nitrogens with one attached hydrogen (secondary N) is 2. The third-order valence-corrected chi connectivity index (χ3v) is 10.6. The van der Waals surface area contributed by atoms with Gasteiger partial charge in [0.15, 0.2) is 0 Å². The zero-order valence-electron chi connectivity index (χ0n) is 33.4. The van der Waals surface area contributed by atoms with E-state index in [1.165, 1.54) is 48.5 Å². The molecule has 2 saturated carbocycles. The van der Waals surface area contributed by atoms with Crippen molar-refractivity contribution in [3.05, 3.63) is 59.7 Å². The van der Waals surface area contributed by atoms with Gasteiger partial charge in [0.05, 0.1) is 0 Å². The summed E-state index contributed by atoms with van der Waals surface area (Å²) in [6, 6.07) is 11.3. The molecule has 62 heavy (non-hydrogen) atoms. The number of unbranched alkanes of at least 4 members (excludes halogenated alkanes) is 2. The van der Waals surface area contributed by atoms with E-state index in [0.29, 0.717) is 64.5 Å². The highest BCUT2D eigenvalue weighted by molar-refractivity contribution is 6.41. The van der Waals surface area contributed by atoms with Crippen molar-refractivity contribution in [2.75, 3.05) is 0 Å². The molecule has 2 unspecified atom stereocenters. The Balaban J connectivity index is 0. The number of carboxylic acid groups (broad SMARTS) is 2. The third kappa shape index (κ3) is 21.0. The van der Waals surface area contributed by atoms with Gasteiger partial charge >= 0.3 is 38.9 Å². The van der Waals surface area contributed by atoms with E-state index in [4.69, 9.17) is 31.6 Å². The SMILES string of the molecule is Cl.Cl.Cl.Cl.NC(CCCCB(O)O)(C(=O)O)C1CC(NCc2ccc(OC(F)(F)F)cc2)C1.NC(CCCCB(O)O)(C(=O)O)[C@H]1C[C@@H](NCc2ccc(OC(F)(F)F)cc2)C1. The molecule has 0 radical (unpaired) electrons. The topological polar surface area (TPSA) is 250 Å². The van der Waals surface area contributed by atoms with Crippen LogP contribution in [0.1, 0.15) is 75.3 Å². The van der Waals surface area contributed by atoms with Crippen LogP contribution in [0.25, 0.3) is 0 Å². The van der Waals surface area contributed by atoms with Crippen LogP contribution in [-0.2, 0) is 22.7 Å². The predicted molar refractivity (Wildman–Crippen MR) is 229 cm³/mol. The molecule has 0 amide bonds. The maximum atomic E-state index is 12.2. The van der Waals surface area contributed by atoms with Gasteiger partial charge in [0.1, 0.15) is 22.6 Å². The summed E-state index contributed by atoms with van der Waals surface area (Å²) in [6.45, 7) is 0.866. The molecule has 0 bridgehead atoms. The average molecular weight is 982 g/mol. The molecule has 356 valence electrons. The number of alkyl halides is 6. The van der Waals surface area contributed by atoms with Crippen molar-refractivity contribution in [1.82, 2.24) is 10.6 Å². The van der Waals surface area contributed by atoms with E-state index < -0.39 is 50.0 Å². The number of halogens is 10. The van der Waals surface area contributed by atoms with Gasteiger partial charge in [0.2, 0.25) is 0 Å². The van der Waals surface area contributed by atoms with E-state index in [1.54, 1.807) is 0 Å². The minimum atomic E-state index is -4.72.